The molecule has 0 saturated carbocycles. The minimum absolute atomic E-state index is 0.246. The predicted molar refractivity (Wildman–Crippen MR) is 88.1 cm³/mol. The maximum atomic E-state index is 13.3. The molecule has 2 aromatic rings. The highest BCUT2D eigenvalue weighted by Crippen LogP contribution is 2.32. The fourth-order valence-corrected chi connectivity index (χ4v) is 2.91. The van der Waals surface area contributed by atoms with E-state index in [1.54, 1.807) is 6.07 Å². The Kier molecular flexibility index (Phi) is 4.93. The molecule has 0 radical (unpaired) electrons. The van der Waals surface area contributed by atoms with Gasteiger partial charge in [-0.25, -0.2) is 14.4 Å². The van der Waals surface area contributed by atoms with E-state index in [2.05, 4.69) is 45.1 Å². The van der Waals surface area contributed by atoms with Crippen LogP contribution in [0.25, 0.3) is 11.4 Å². The number of halogens is 2. The van der Waals surface area contributed by atoms with Crippen LogP contribution < -0.4 is 5.32 Å². The molecule has 0 atom stereocenters. The van der Waals surface area contributed by atoms with Crippen LogP contribution in [0.15, 0.2) is 22.7 Å². The third-order valence-electron chi connectivity index (χ3n) is 3.20. The zero-order valence-electron chi connectivity index (χ0n) is 12.7. The van der Waals surface area contributed by atoms with Crippen LogP contribution >= 0.6 is 15.9 Å². The lowest BCUT2D eigenvalue weighted by Crippen LogP contribution is -2.07. The quantitative estimate of drug-likeness (QED) is 0.850. The van der Waals surface area contributed by atoms with E-state index in [1.807, 2.05) is 13.8 Å². The largest absolute Gasteiger partial charge is 0.369 e. The summed E-state index contributed by atoms with van der Waals surface area (Å²) in [5, 5.41) is 3.24. The van der Waals surface area contributed by atoms with Crippen molar-refractivity contribution in [2.45, 2.75) is 33.6 Å². The smallest absolute Gasteiger partial charge is 0.162 e. The average molecular weight is 352 g/mol. The van der Waals surface area contributed by atoms with Gasteiger partial charge in [-0.05, 0) is 59.5 Å². The summed E-state index contributed by atoms with van der Waals surface area (Å²) in [4.78, 5) is 9.23. The molecule has 112 valence electrons. The van der Waals surface area contributed by atoms with Crippen LogP contribution in [-0.2, 0) is 0 Å². The van der Waals surface area contributed by atoms with Gasteiger partial charge in [0.2, 0.25) is 0 Å². The zero-order valence-corrected chi connectivity index (χ0v) is 14.3. The predicted octanol–water partition coefficient (Wildman–Crippen LogP) is 4.91. The minimum atomic E-state index is -0.246. The van der Waals surface area contributed by atoms with Gasteiger partial charge in [0.15, 0.2) is 5.82 Å². The molecule has 0 aliphatic rings. The lowest BCUT2D eigenvalue weighted by molar-refractivity contribution is 0.627. The normalized spacial score (nSPS) is 11.0. The molecule has 0 saturated heterocycles. The summed E-state index contributed by atoms with van der Waals surface area (Å²) in [5.41, 5.74) is 2.62. The molecule has 21 heavy (non-hydrogen) atoms. The summed E-state index contributed by atoms with van der Waals surface area (Å²) in [6, 6.07) is 4.67. The Bertz CT molecular complexity index is 656. The number of anilines is 1. The number of rotatable bonds is 4. The molecule has 0 spiro atoms. The number of aromatic nitrogens is 2. The second-order valence-electron chi connectivity index (χ2n) is 5.24. The second-order valence-corrected chi connectivity index (χ2v) is 6.03. The first-order chi connectivity index (χ1) is 9.93. The van der Waals surface area contributed by atoms with E-state index in [0.29, 0.717) is 5.82 Å². The number of benzene rings is 1. The Morgan fingerprint density at radius 1 is 1.29 bits per heavy atom. The van der Waals surface area contributed by atoms with Crippen LogP contribution in [0.1, 0.15) is 37.9 Å². The minimum Gasteiger partial charge on any atom is -0.369 e. The Labute approximate surface area is 133 Å². The Hall–Kier alpha value is -1.49. The molecule has 0 bridgehead atoms. The van der Waals surface area contributed by atoms with Crippen LogP contribution in [0.3, 0.4) is 0 Å². The number of nitrogens with zero attached hydrogens (tertiary/aromatic N) is 2. The van der Waals surface area contributed by atoms with Crippen LogP contribution in [-0.4, -0.2) is 16.5 Å². The maximum Gasteiger partial charge on any atom is 0.162 e. The van der Waals surface area contributed by atoms with Crippen molar-refractivity contribution in [3.63, 3.8) is 0 Å². The standard InChI is InChI=1S/C16H19BrFN3/c1-5-19-16-13(17)14(9(2)3)20-15(21-16)12-7-6-11(18)8-10(12)4/h6-9H,5H2,1-4H3,(H,19,20,21). The molecular weight excluding hydrogens is 333 g/mol. The fourth-order valence-electron chi connectivity index (χ4n) is 2.13. The lowest BCUT2D eigenvalue weighted by atomic mass is 10.1. The molecule has 5 heteroatoms. The zero-order chi connectivity index (χ0) is 15.6. The fraction of sp³-hybridized carbons (Fsp3) is 0.375. The summed E-state index contributed by atoms with van der Waals surface area (Å²) < 4.78 is 14.2. The third kappa shape index (κ3) is 3.40. The van der Waals surface area contributed by atoms with E-state index in [0.717, 1.165) is 33.7 Å². The molecule has 0 aliphatic carbocycles. The molecule has 1 aromatic carbocycles. The van der Waals surface area contributed by atoms with E-state index >= 15 is 0 Å². The van der Waals surface area contributed by atoms with Crippen molar-refractivity contribution in [1.29, 1.82) is 0 Å². The van der Waals surface area contributed by atoms with E-state index in [-0.39, 0.29) is 11.7 Å². The van der Waals surface area contributed by atoms with Gasteiger partial charge in [-0.15, -0.1) is 0 Å². The molecule has 1 heterocycles. The number of hydrogen-bond acceptors (Lipinski definition) is 3. The van der Waals surface area contributed by atoms with Crippen LogP contribution in [0.2, 0.25) is 0 Å². The van der Waals surface area contributed by atoms with Crippen molar-refractivity contribution in [2.75, 3.05) is 11.9 Å². The van der Waals surface area contributed by atoms with Crippen LogP contribution in [0, 0.1) is 12.7 Å². The molecule has 1 aromatic heterocycles. The van der Waals surface area contributed by atoms with Gasteiger partial charge in [0.1, 0.15) is 11.6 Å². The molecule has 1 N–H and O–H groups in total. The number of nitrogens with one attached hydrogen (secondary N) is 1. The number of aryl methyl sites for hydroxylation is 1. The first-order valence-electron chi connectivity index (χ1n) is 7.01. The van der Waals surface area contributed by atoms with Gasteiger partial charge < -0.3 is 5.32 Å². The molecule has 2 rings (SSSR count). The van der Waals surface area contributed by atoms with Crippen molar-refractivity contribution in [2.24, 2.45) is 0 Å². The Morgan fingerprint density at radius 3 is 2.57 bits per heavy atom. The summed E-state index contributed by atoms with van der Waals surface area (Å²) in [6.07, 6.45) is 0. The van der Waals surface area contributed by atoms with Gasteiger partial charge in [0.05, 0.1) is 10.2 Å². The first kappa shape index (κ1) is 15.9. The summed E-state index contributed by atoms with van der Waals surface area (Å²) in [7, 11) is 0. The Morgan fingerprint density at radius 2 is 2.00 bits per heavy atom. The maximum absolute atomic E-state index is 13.3. The summed E-state index contributed by atoms with van der Waals surface area (Å²) in [5.74, 6) is 1.41. The first-order valence-corrected chi connectivity index (χ1v) is 7.81. The van der Waals surface area contributed by atoms with E-state index in [9.17, 15) is 4.39 Å². The third-order valence-corrected chi connectivity index (χ3v) is 3.98. The molecule has 0 aliphatic heterocycles. The van der Waals surface area contributed by atoms with Crippen molar-refractivity contribution < 1.29 is 4.39 Å². The van der Waals surface area contributed by atoms with Crippen molar-refractivity contribution >= 4 is 21.7 Å². The van der Waals surface area contributed by atoms with Gasteiger partial charge in [-0.1, -0.05) is 13.8 Å². The molecule has 0 amide bonds. The molecule has 0 unspecified atom stereocenters. The van der Waals surface area contributed by atoms with Gasteiger partial charge >= 0.3 is 0 Å². The highest BCUT2D eigenvalue weighted by Gasteiger charge is 2.16. The van der Waals surface area contributed by atoms with Gasteiger partial charge in [-0.3, -0.25) is 0 Å². The topological polar surface area (TPSA) is 37.8 Å². The van der Waals surface area contributed by atoms with E-state index in [1.165, 1.54) is 12.1 Å². The highest BCUT2D eigenvalue weighted by atomic mass is 79.9. The molecular formula is C16H19BrFN3. The average Bonchev–Trinajstić information content (AvgIpc) is 2.41. The monoisotopic (exact) mass is 351 g/mol. The van der Waals surface area contributed by atoms with Crippen molar-refractivity contribution in [3.8, 4) is 11.4 Å². The van der Waals surface area contributed by atoms with Crippen LogP contribution in [0.4, 0.5) is 10.2 Å². The lowest BCUT2D eigenvalue weighted by Gasteiger charge is -2.15. The van der Waals surface area contributed by atoms with Gasteiger partial charge in [0.25, 0.3) is 0 Å². The molecule has 3 nitrogen and oxygen atoms in total. The summed E-state index contributed by atoms with van der Waals surface area (Å²) >= 11 is 3.57. The van der Waals surface area contributed by atoms with Gasteiger partial charge in [0, 0.05) is 12.1 Å². The van der Waals surface area contributed by atoms with E-state index < -0.39 is 0 Å². The number of hydrogen-bond donors (Lipinski definition) is 1. The molecule has 0 fully saturated rings. The summed E-state index contributed by atoms with van der Waals surface area (Å²) in [6.45, 7) is 8.83. The van der Waals surface area contributed by atoms with E-state index in [4.69, 9.17) is 0 Å². The second kappa shape index (κ2) is 6.52. The highest BCUT2D eigenvalue weighted by molar-refractivity contribution is 9.10. The van der Waals surface area contributed by atoms with Crippen LogP contribution in [0.5, 0.6) is 0 Å². The van der Waals surface area contributed by atoms with Gasteiger partial charge in [-0.2, -0.15) is 0 Å². The Balaban J connectivity index is 2.62. The van der Waals surface area contributed by atoms with Crippen molar-refractivity contribution in [3.05, 3.63) is 39.7 Å². The van der Waals surface area contributed by atoms with Crippen molar-refractivity contribution in [1.82, 2.24) is 9.97 Å². The SMILES string of the molecule is CCNc1nc(-c2ccc(F)cc2C)nc(C(C)C)c1Br.